The second kappa shape index (κ2) is 10.6. The van der Waals surface area contributed by atoms with E-state index in [1.807, 2.05) is 30.0 Å². The Labute approximate surface area is 175 Å². The Morgan fingerprint density at radius 2 is 2.00 bits per heavy atom. The molecule has 0 atom stereocenters. The maximum Gasteiger partial charge on any atom is 0.248 e. The number of hydrogen-bond acceptors (Lipinski definition) is 3. The van der Waals surface area contributed by atoms with Crippen molar-refractivity contribution >= 4 is 17.6 Å². The van der Waals surface area contributed by atoms with Crippen LogP contribution in [0, 0.1) is 5.41 Å². The summed E-state index contributed by atoms with van der Waals surface area (Å²) in [4.78, 5) is 19.2. The van der Waals surface area contributed by atoms with Crippen molar-refractivity contribution in [1.29, 1.82) is 0 Å². The smallest absolute Gasteiger partial charge is 0.248 e. The number of hydrogen-bond donors (Lipinski definition) is 2. The van der Waals surface area contributed by atoms with E-state index in [1.165, 1.54) is 31.2 Å². The Bertz CT molecular complexity index is 698. The highest BCUT2D eigenvalue weighted by molar-refractivity contribution is 5.98. The number of para-hydroxylation sites is 1. The van der Waals surface area contributed by atoms with Crippen molar-refractivity contribution in [2.45, 2.75) is 52.4 Å². The Morgan fingerprint density at radius 3 is 2.76 bits per heavy atom. The minimum Gasteiger partial charge on any atom is -0.382 e. The lowest BCUT2D eigenvalue weighted by Crippen LogP contribution is -2.44. The molecule has 0 aromatic heterocycles. The Morgan fingerprint density at radius 1 is 1.21 bits per heavy atom. The molecule has 1 saturated carbocycles. The zero-order valence-electron chi connectivity index (χ0n) is 18.0. The molecule has 0 spiro atoms. The number of rotatable bonds is 9. The average molecular weight is 401 g/mol. The van der Waals surface area contributed by atoms with Crippen LogP contribution in [0.4, 0.5) is 5.69 Å². The van der Waals surface area contributed by atoms with Crippen molar-refractivity contribution in [1.82, 2.24) is 10.6 Å². The Kier molecular flexibility index (Phi) is 7.92. The minimum atomic E-state index is 0.0547. The van der Waals surface area contributed by atoms with Crippen molar-refractivity contribution < 1.29 is 9.53 Å². The monoisotopic (exact) mass is 400 g/mol. The quantitative estimate of drug-likeness (QED) is 0.380. The molecule has 3 rings (SSSR count). The van der Waals surface area contributed by atoms with Gasteiger partial charge in [-0.15, -0.1) is 0 Å². The van der Waals surface area contributed by atoms with Gasteiger partial charge in [-0.25, -0.2) is 4.99 Å². The first-order valence-electron chi connectivity index (χ1n) is 11.2. The zero-order chi connectivity index (χ0) is 20.5. The molecule has 1 aromatic rings. The number of aliphatic imine (C=N–C) groups is 1. The van der Waals surface area contributed by atoms with Gasteiger partial charge < -0.3 is 20.3 Å². The zero-order valence-corrected chi connectivity index (χ0v) is 18.0. The molecular weight excluding hydrogens is 364 g/mol. The largest absolute Gasteiger partial charge is 0.382 e. The third kappa shape index (κ3) is 5.72. The van der Waals surface area contributed by atoms with Crippen LogP contribution >= 0.6 is 0 Å². The standard InChI is InChI=1S/C23H36N4O2/c1-3-24-22(26-18-23(12-7-8-13-23)14-16-29-4-2)25-17-21(28)27-15-11-19-9-5-6-10-20(19)27/h5-6,9-10H,3-4,7-8,11-18H2,1-2H3,(H2,24,25,26). The number of nitrogens with zero attached hydrogens (tertiary/aromatic N) is 2. The van der Waals surface area contributed by atoms with E-state index in [1.54, 1.807) is 0 Å². The van der Waals surface area contributed by atoms with E-state index in [0.717, 1.165) is 57.3 Å². The van der Waals surface area contributed by atoms with Gasteiger partial charge in [0.1, 0.15) is 6.54 Å². The van der Waals surface area contributed by atoms with Gasteiger partial charge >= 0.3 is 0 Å². The first kappa shape index (κ1) is 21.6. The van der Waals surface area contributed by atoms with Crippen LogP contribution < -0.4 is 15.5 Å². The summed E-state index contributed by atoms with van der Waals surface area (Å²) in [7, 11) is 0. The van der Waals surface area contributed by atoms with Gasteiger partial charge in [0, 0.05) is 38.5 Å². The van der Waals surface area contributed by atoms with Gasteiger partial charge in [0.25, 0.3) is 0 Å². The van der Waals surface area contributed by atoms with Gasteiger partial charge in [-0.05, 0) is 56.6 Å². The summed E-state index contributed by atoms with van der Waals surface area (Å²) in [5.41, 5.74) is 2.56. The molecule has 2 aliphatic rings. The number of ether oxygens (including phenoxy) is 1. The molecule has 29 heavy (non-hydrogen) atoms. The molecule has 0 unspecified atom stereocenters. The van der Waals surface area contributed by atoms with Gasteiger partial charge in [0.2, 0.25) is 5.91 Å². The van der Waals surface area contributed by atoms with Crippen molar-refractivity contribution in [3.05, 3.63) is 29.8 Å². The van der Waals surface area contributed by atoms with Crippen LogP contribution in [0.2, 0.25) is 0 Å². The number of benzene rings is 1. The lowest BCUT2D eigenvalue weighted by atomic mass is 9.83. The maximum atomic E-state index is 12.8. The fourth-order valence-electron chi connectivity index (χ4n) is 4.52. The summed E-state index contributed by atoms with van der Waals surface area (Å²) in [6, 6.07) is 8.14. The molecule has 0 saturated heterocycles. The van der Waals surface area contributed by atoms with Gasteiger partial charge in [-0.1, -0.05) is 31.0 Å². The molecule has 6 nitrogen and oxygen atoms in total. The van der Waals surface area contributed by atoms with E-state index in [0.29, 0.717) is 0 Å². The van der Waals surface area contributed by atoms with Crippen molar-refractivity contribution in [3.8, 4) is 0 Å². The topological polar surface area (TPSA) is 66.0 Å². The number of fused-ring (bicyclic) bond motifs is 1. The molecule has 6 heteroatoms. The van der Waals surface area contributed by atoms with E-state index in [4.69, 9.17) is 4.74 Å². The fraction of sp³-hybridized carbons (Fsp3) is 0.652. The van der Waals surface area contributed by atoms with Crippen LogP contribution in [0.25, 0.3) is 0 Å². The molecule has 0 bridgehead atoms. The average Bonchev–Trinajstić information content (AvgIpc) is 3.38. The summed E-state index contributed by atoms with van der Waals surface area (Å²) in [5, 5.41) is 6.80. The van der Waals surface area contributed by atoms with Crippen LogP contribution in [0.3, 0.4) is 0 Å². The van der Waals surface area contributed by atoms with E-state index in [-0.39, 0.29) is 17.9 Å². The van der Waals surface area contributed by atoms with Crippen LogP contribution in [-0.4, -0.2) is 51.3 Å². The molecule has 1 fully saturated rings. The second-order valence-corrected chi connectivity index (χ2v) is 8.13. The first-order chi connectivity index (χ1) is 14.2. The Hall–Kier alpha value is -2.08. The maximum absolute atomic E-state index is 12.8. The molecule has 0 radical (unpaired) electrons. The fourth-order valence-corrected chi connectivity index (χ4v) is 4.52. The molecule has 160 valence electrons. The number of guanidine groups is 1. The van der Waals surface area contributed by atoms with Crippen LogP contribution in [0.15, 0.2) is 29.3 Å². The van der Waals surface area contributed by atoms with E-state index >= 15 is 0 Å². The van der Waals surface area contributed by atoms with Crippen molar-refractivity contribution in [2.24, 2.45) is 10.4 Å². The summed E-state index contributed by atoms with van der Waals surface area (Å²) in [5.74, 6) is 0.787. The van der Waals surface area contributed by atoms with Gasteiger partial charge in [0.05, 0.1) is 0 Å². The van der Waals surface area contributed by atoms with Gasteiger partial charge in [-0.2, -0.15) is 0 Å². The van der Waals surface area contributed by atoms with Gasteiger partial charge in [-0.3, -0.25) is 4.79 Å². The van der Waals surface area contributed by atoms with Crippen LogP contribution in [-0.2, 0) is 16.0 Å². The Balaban J connectivity index is 1.57. The number of carbonyl (C=O) groups excluding carboxylic acids is 1. The lowest BCUT2D eigenvalue weighted by molar-refractivity contribution is -0.117. The highest BCUT2D eigenvalue weighted by atomic mass is 16.5. The first-order valence-corrected chi connectivity index (χ1v) is 11.2. The number of nitrogens with one attached hydrogen (secondary N) is 2. The van der Waals surface area contributed by atoms with Crippen LogP contribution in [0.5, 0.6) is 0 Å². The minimum absolute atomic E-state index is 0.0547. The molecule has 1 amide bonds. The highest BCUT2D eigenvalue weighted by Gasteiger charge is 2.33. The predicted molar refractivity (Wildman–Crippen MR) is 118 cm³/mol. The van der Waals surface area contributed by atoms with Crippen LogP contribution in [0.1, 0.15) is 51.5 Å². The highest BCUT2D eigenvalue weighted by Crippen LogP contribution is 2.40. The van der Waals surface area contributed by atoms with E-state index in [2.05, 4.69) is 28.6 Å². The van der Waals surface area contributed by atoms with Crippen molar-refractivity contribution in [3.63, 3.8) is 0 Å². The third-order valence-corrected chi connectivity index (χ3v) is 6.18. The SMILES string of the molecule is CCNC(=NCC(=O)N1CCc2ccccc21)NCC1(CCOCC)CCCC1. The third-order valence-electron chi connectivity index (χ3n) is 6.18. The normalized spacial score (nSPS) is 18.0. The second-order valence-electron chi connectivity index (χ2n) is 8.13. The molecule has 1 aliphatic heterocycles. The lowest BCUT2D eigenvalue weighted by Gasteiger charge is -2.30. The summed E-state index contributed by atoms with van der Waals surface area (Å²) < 4.78 is 5.62. The van der Waals surface area contributed by atoms with E-state index in [9.17, 15) is 4.79 Å². The molecule has 2 N–H and O–H groups in total. The predicted octanol–water partition coefficient (Wildman–Crippen LogP) is 3.12. The summed E-state index contributed by atoms with van der Waals surface area (Å²) in [6.07, 6.45) is 7.04. The number of carbonyl (C=O) groups is 1. The molecular formula is C23H36N4O2. The number of anilines is 1. The van der Waals surface area contributed by atoms with Crippen molar-refractivity contribution in [2.75, 3.05) is 44.3 Å². The molecule has 1 aromatic carbocycles. The summed E-state index contributed by atoms with van der Waals surface area (Å²) >= 11 is 0. The van der Waals surface area contributed by atoms with Gasteiger partial charge in [0.15, 0.2) is 5.96 Å². The molecule has 1 aliphatic carbocycles. The number of amides is 1. The van der Waals surface area contributed by atoms with E-state index < -0.39 is 0 Å². The summed E-state index contributed by atoms with van der Waals surface area (Å²) in [6.45, 7) is 8.26. The molecule has 1 heterocycles.